The fourth-order valence-electron chi connectivity index (χ4n) is 2.72. The van der Waals surface area contributed by atoms with E-state index in [9.17, 15) is 9.59 Å². The van der Waals surface area contributed by atoms with Gasteiger partial charge in [0.05, 0.1) is 0 Å². The van der Waals surface area contributed by atoms with Crippen molar-refractivity contribution in [3.8, 4) is 0 Å². The van der Waals surface area contributed by atoms with E-state index in [-0.39, 0.29) is 11.6 Å². The first kappa shape index (κ1) is 19.7. The van der Waals surface area contributed by atoms with Crippen LogP contribution in [0, 0.1) is 6.92 Å². The molecule has 0 spiro atoms. The zero-order valence-corrected chi connectivity index (χ0v) is 16.7. The summed E-state index contributed by atoms with van der Waals surface area (Å²) in [7, 11) is 0. The van der Waals surface area contributed by atoms with Gasteiger partial charge >= 0.3 is 5.97 Å². The average Bonchev–Trinajstić information content (AvgIpc) is 3.36. The summed E-state index contributed by atoms with van der Waals surface area (Å²) < 4.78 is 16.0. The highest BCUT2D eigenvalue weighted by Crippen LogP contribution is 2.25. The van der Waals surface area contributed by atoms with Crippen LogP contribution in [0.2, 0.25) is 0 Å². The normalized spacial score (nSPS) is 11.9. The second kappa shape index (κ2) is 8.83. The summed E-state index contributed by atoms with van der Waals surface area (Å²) in [4.78, 5) is 29.5. The molecule has 0 bridgehead atoms. The molecule has 1 atom stereocenters. The van der Waals surface area contributed by atoms with E-state index in [0.717, 1.165) is 11.8 Å². The molecule has 4 rings (SSSR count). The Kier molecular flexibility index (Phi) is 5.80. The number of ether oxygens (including phenoxy) is 1. The Balaban J connectivity index is 1.43. The smallest absolute Gasteiger partial charge is 0.317 e. The Bertz CT molecular complexity index is 1140. The number of hydrogen-bond donors (Lipinski definition) is 1. The number of nitrogens with zero attached hydrogens (tertiary/aromatic N) is 2. The topological polar surface area (TPSA) is 107 Å². The Morgan fingerprint density at radius 3 is 2.63 bits per heavy atom. The number of anilines is 1. The molecule has 2 aromatic heterocycles. The van der Waals surface area contributed by atoms with Gasteiger partial charge in [-0.2, -0.15) is 0 Å². The minimum atomic E-state index is -1.14. The van der Waals surface area contributed by atoms with Crippen molar-refractivity contribution in [3.63, 3.8) is 0 Å². The number of nitrogens with one attached hydrogen (secondary N) is 1. The van der Waals surface area contributed by atoms with E-state index in [4.69, 9.17) is 13.7 Å². The van der Waals surface area contributed by atoms with Crippen LogP contribution >= 0.6 is 11.8 Å². The first-order valence-corrected chi connectivity index (χ1v) is 10.0. The maximum Gasteiger partial charge on any atom is 0.317 e. The molecule has 30 heavy (non-hydrogen) atoms. The summed E-state index contributed by atoms with van der Waals surface area (Å²) in [5.41, 5.74) is 1.88. The van der Waals surface area contributed by atoms with Crippen molar-refractivity contribution in [2.45, 2.75) is 18.3 Å². The van der Waals surface area contributed by atoms with Crippen LogP contribution in [0.1, 0.15) is 17.4 Å². The van der Waals surface area contributed by atoms with Gasteiger partial charge < -0.3 is 19.0 Å². The number of hydrogen-bond acceptors (Lipinski definition) is 8. The predicted molar refractivity (Wildman–Crippen MR) is 110 cm³/mol. The van der Waals surface area contributed by atoms with Gasteiger partial charge in [0.15, 0.2) is 11.4 Å². The molecule has 0 aliphatic carbocycles. The third kappa shape index (κ3) is 4.69. The molecule has 0 saturated heterocycles. The molecule has 1 unspecified atom stereocenters. The van der Waals surface area contributed by atoms with Crippen molar-refractivity contribution in [2.75, 3.05) is 11.1 Å². The zero-order chi connectivity index (χ0) is 20.9. The monoisotopic (exact) mass is 423 g/mol. The van der Waals surface area contributed by atoms with Gasteiger partial charge in [0.2, 0.25) is 6.10 Å². The van der Waals surface area contributed by atoms with E-state index in [1.54, 1.807) is 43.3 Å². The van der Waals surface area contributed by atoms with Crippen molar-refractivity contribution in [1.82, 2.24) is 10.1 Å². The molecule has 1 N–H and O–H groups in total. The van der Waals surface area contributed by atoms with E-state index in [0.29, 0.717) is 27.6 Å². The first-order valence-electron chi connectivity index (χ1n) is 9.05. The molecule has 152 valence electrons. The lowest BCUT2D eigenvalue weighted by molar-refractivity contribution is -0.152. The molecule has 0 saturated carbocycles. The van der Waals surface area contributed by atoms with Crippen LogP contribution in [0.3, 0.4) is 0 Å². The minimum Gasteiger partial charge on any atom is -0.447 e. The second-order valence-corrected chi connectivity index (χ2v) is 7.26. The second-order valence-electron chi connectivity index (χ2n) is 6.33. The number of oxazole rings is 1. The molecule has 4 aromatic rings. The number of esters is 1. The number of benzene rings is 2. The number of rotatable bonds is 7. The van der Waals surface area contributed by atoms with Crippen LogP contribution in [-0.4, -0.2) is 27.8 Å². The maximum absolute atomic E-state index is 12.7. The lowest BCUT2D eigenvalue weighted by atomic mass is 10.1. The fourth-order valence-corrected chi connectivity index (χ4v) is 3.34. The fraction of sp³-hybridized carbons (Fsp3) is 0.143. The summed E-state index contributed by atoms with van der Waals surface area (Å²) in [5.74, 6) is -0.382. The lowest BCUT2D eigenvalue weighted by Crippen LogP contribution is -2.26. The zero-order valence-electron chi connectivity index (χ0n) is 15.9. The molecule has 0 radical (unpaired) electrons. The summed E-state index contributed by atoms with van der Waals surface area (Å²) in [6.07, 6.45) is -1.14. The molecular weight excluding hydrogens is 406 g/mol. The number of carbonyl (C=O) groups is 2. The number of aromatic nitrogens is 2. The Morgan fingerprint density at radius 1 is 1.13 bits per heavy atom. The molecule has 0 fully saturated rings. The molecule has 0 aliphatic heterocycles. The average molecular weight is 423 g/mol. The van der Waals surface area contributed by atoms with Crippen molar-refractivity contribution in [2.24, 2.45) is 0 Å². The number of para-hydroxylation sites is 2. The highest BCUT2D eigenvalue weighted by molar-refractivity contribution is 7.99. The number of aryl methyl sites for hydroxylation is 1. The van der Waals surface area contributed by atoms with E-state index in [1.165, 1.54) is 0 Å². The summed E-state index contributed by atoms with van der Waals surface area (Å²) in [6, 6.07) is 17.6. The minimum absolute atomic E-state index is 0.0630. The maximum atomic E-state index is 12.7. The summed E-state index contributed by atoms with van der Waals surface area (Å²) in [6.45, 7) is 1.71. The highest BCUT2D eigenvalue weighted by Gasteiger charge is 2.26. The molecule has 9 heteroatoms. The van der Waals surface area contributed by atoms with Gasteiger partial charge in [0, 0.05) is 11.6 Å². The van der Waals surface area contributed by atoms with Gasteiger partial charge in [-0.15, -0.1) is 0 Å². The number of thioether (sulfide) groups is 1. The Morgan fingerprint density at radius 2 is 1.90 bits per heavy atom. The quantitative estimate of drug-likeness (QED) is 0.349. The van der Waals surface area contributed by atoms with Crippen molar-refractivity contribution >= 4 is 40.6 Å². The van der Waals surface area contributed by atoms with Gasteiger partial charge in [-0.3, -0.25) is 9.59 Å². The SMILES string of the molecule is Cc1cc(NC(=O)C(OC(=O)CSc2nc3ccccc3o2)c2ccccc2)no1. The molecule has 2 heterocycles. The summed E-state index contributed by atoms with van der Waals surface area (Å²) >= 11 is 1.10. The third-order valence-electron chi connectivity index (χ3n) is 4.06. The van der Waals surface area contributed by atoms with Crippen molar-refractivity contribution in [1.29, 1.82) is 0 Å². The third-order valence-corrected chi connectivity index (χ3v) is 4.86. The van der Waals surface area contributed by atoms with Crippen LogP contribution in [0.4, 0.5) is 5.82 Å². The molecule has 0 aliphatic rings. The largest absolute Gasteiger partial charge is 0.447 e. The molecular formula is C21H17N3O5S. The Hall–Kier alpha value is -3.59. The molecule has 1 amide bonds. The highest BCUT2D eigenvalue weighted by atomic mass is 32.2. The van der Waals surface area contributed by atoms with Crippen LogP contribution in [0.25, 0.3) is 11.1 Å². The van der Waals surface area contributed by atoms with Gasteiger partial charge in [-0.25, -0.2) is 4.98 Å². The molecule has 2 aromatic carbocycles. The van der Waals surface area contributed by atoms with Crippen LogP contribution in [0.15, 0.2) is 74.8 Å². The summed E-state index contributed by atoms with van der Waals surface area (Å²) in [5, 5.41) is 6.69. The van der Waals surface area contributed by atoms with E-state index in [2.05, 4.69) is 15.5 Å². The van der Waals surface area contributed by atoms with Crippen LogP contribution in [0.5, 0.6) is 0 Å². The lowest BCUT2D eigenvalue weighted by Gasteiger charge is -2.17. The standard InChI is InChI=1S/C21H17N3O5S/c1-13-11-17(24-29-13)23-20(26)19(14-7-3-2-4-8-14)28-18(25)12-30-21-22-15-9-5-6-10-16(15)27-21/h2-11,19H,12H2,1H3,(H,23,24,26). The first-order chi connectivity index (χ1) is 14.6. The number of fused-ring (bicyclic) bond motifs is 1. The van der Waals surface area contributed by atoms with Gasteiger partial charge in [0.1, 0.15) is 17.0 Å². The van der Waals surface area contributed by atoms with Crippen LogP contribution in [-0.2, 0) is 14.3 Å². The van der Waals surface area contributed by atoms with Gasteiger partial charge in [-0.05, 0) is 19.1 Å². The van der Waals surface area contributed by atoms with Crippen molar-refractivity contribution < 1.29 is 23.3 Å². The number of carbonyl (C=O) groups excluding carboxylic acids is 2. The predicted octanol–water partition coefficient (Wildman–Crippen LogP) is 4.14. The van der Waals surface area contributed by atoms with Crippen LogP contribution < -0.4 is 5.32 Å². The Labute approximate surface area is 175 Å². The van der Waals surface area contributed by atoms with Crippen molar-refractivity contribution in [3.05, 3.63) is 72.0 Å². The van der Waals surface area contributed by atoms with E-state index in [1.807, 2.05) is 24.3 Å². The van der Waals surface area contributed by atoms with Gasteiger partial charge in [-0.1, -0.05) is 59.4 Å². The number of amides is 1. The van der Waals surface area contributed by atoms with E-state index < -0.39 is 18.0 Å². The molecule has 8 nitrogen and oxygen atoms in total. The van der Waals surface area contributed by atoms with Gasteiger partial charge in [0.25, 0.3) is 11.1 Å². The van der Waals surface area contributed by atoms with E-state index >= 15 is 0 Å².